The molecule has 0 spiro atoms. The third kappa shape index (κ3) is 5.16. The number of carbonyl (C=O) groups is 2. The van der Waals surface area contributed by atoms with E-state index in [2.05, 4.69) is 20.9 Å². The summed E-state index contributed by atoms with van der Waals surface area (Å²) < 4.78 is 5.53. The summed E-state index contributed by atoms with van der Waals surface area (Å²) in [5, 5.41) is 12.5. The summed E-state index contributed by atoms with van der Waals surface area (Å²) in [5.74, 6) is -0.0665. The van der Waals surface area contributed by atoms with E-state index in [0.717, 1.165) is 56.1 Å². The molecule has 1 aromatic heterocycles. The third-order valence-electron chi connectivity index (χ3n) is 8.87. The third-order valence-corrected chi connectivity index (χ3v) is 9.91. The summed E-state index contributed by atoms with van der Waals surface area (Å²) in [6, 6.07) is 0. The summed E-state index contributed by atoms with van der Waals surface area (Å²) in [7, 11) is 2.17. The zero-order valence-corrected chi connectivity index (χ0v) is 23.3. The summed E-state index contributed by atoms with van der Waals surface area (Å²) in [6.45, 7) is 15.8. The van der Waals surface area contributed by atoms with Crippen LogP contribution in [-0.2, 0) is 27.4 Å². The molecule has 1 saturated carbocycles. The minimum Gasteiger partial charge on any atom is -0.458 e. The number of quaternary nitrogens is 1. The highest BCUT2D eigenvalue weighted by atomic mass is 32.1. The van der Waals surface area contributed by atoms with Gasteiger partial charge in [-0.15, -0.1) is 11.3 Å². The fraction of sp³-hybridized carbons (Fsp3) is 0.815. The molecule has 196 valence electrons. The number of nitrogens with zero attached hydrogens (tertiary/aromatic N) is 2. The zero-order valence-electron chi connectivity index (χ0n) is 22.5. The van der Waals surface area contributed by atoms with E-state index >= 15 is 0 Å². The van der Waals surface area contributed by atoms with E-state index in [1.54, 1.807) is 11.3 Å². The molecular formula is C27H44N3O4S+. The fourth-order valence-corrected chi connectivity index (χ4v) is 7.87. The Morgan fingerprint density at radius 2 is 1.97 bits per heavy atom. The van der Waals surface area contributed by atoms with E-state index in [9.17, 15) is 14.7 Å². The number of aliphatic hydroxyl groups excluding tert-OH is 1. The number of thiazole rings is 1. The van der Waals surface area contributed by atoms with E-state index < -0.39 is 11.5 Å². The second-order valence-corrected chi connectivity index (χ2v) is 13.8. The lowest BCUT2D eigenvalue weighted by atomic mass is 9.53. The Morgan fingerprint density at radius 3 is 2.60 bits per heavy atom. The second kappa shape index (κ2) is 9.75. The zero-order chi connectivity index (χ0) is 25.7. The summed E-state index contributed by atoms with van der Waals surface area (Å²) in [4.78, 5) is 35.2. The molecular weight excluding hydrogens is 462 g/mol. The van der Waals surface area contributed by atoms with Crippen molar-refractivity contribution in [1.29, 1.82) is 0 Å². The molecule has 0 aromatic carbocycles. The van der Waals surface area contributed by atoms with Crippen molar-refractivity contribution in [1.82, 2.24) is 9.88 Å². The first kappa shape index (κ1) is 26.6. The maximum atomic E-state index is 13.3. The average molecular weight is 507 g/mol. The van der Waals surface area contributed by atoms with E-state index in [1.165, 1.54) is 9.78 Å². The molecule has 8 heteroatoms. The number of carbonyl (C=O) groups excluding carboxylic acids is 2. The Labute approximate surface area is 214 Å². The molecule has 7 nitrogen and oxygen atoms in total. The molecule has 1 amide bonds. The van der Waals surface area contributed by atoms with Gasteiger partial charge in [0.1, 0.15) is 11.6 Å². The molecule has 1 saturated heterocycles. The Bertz CT molecular complexity index is 949. The van der Waals surface area contributed by atoms with Gasteiger partial charge in [-0.25, -0.2) is 4.98 Å². The van der Waals surface area contributed by atoms with Gasteiger partial charge in [0, 0.05) is 16.7 Å². The first-order chi connectivity index (χ1) is 16.3. The molecule has 35 heavy (non-hydrogen) atoms. The van der Waals surface area contributed by atoms with Crippen LogP contribution in [0.3, 0.4) is 0 Å². The van der Waals surface area contributed by atoms with Gasteiger partial charge in [0.25, 0.3) is 0 Å². The van der Waals surface area contributed by atoms with Crippen LogP contribution in [0.25, 0.3) is 0 Å². The second-order valence-electron chi connectivity index (χ2n) is 12.7. The first-order valence-corrected chi connectivity index (χ1v) is 14.1. The molecule has 2 N–H and O–H groups in total. The van der Waals surface area contributed by atoms with Gasteiger partial charge in [-0.1, -0.05) is 20.8 Å². The predicted octanol–water partition coefficient (Wildman–Crippen LogP) is 2.28. The number of amides is 1. The van der Waals surface area contributed by atoms with Crippen LogP contribution < -0.4 is 4.90 Å². The van der Waals surface area contributed by atoms with Crippen molar-refractivity contribution in [3.63, 3.8) is 0 Å². The van der Waals surface area contributed by atoms with Crippen LogP contribution in [-0.4, -0.2) is 66.2 Å². The summed E-state index contributed by atoms with van der Waals surface area (Å²) in [5.41, 5.74) is 0.485. The van der Waals surface area contributed by atoms with E-state index in [1.807, 2.05) is 32.6 Å². The van der Waals surface area contributed by atoms with Gasteiger partial charge >= 0.3 is 5.97 Å². The molecule has 1 aliphatic heterocycles. The number of hydrogen-bond donors (Lipinski definition) is 2. The number of esters is 1. The van der Waals surface area contributed by atoms with Crippen LogP contribution in [0.15, 0.2) is 0 Å². The molecule has 1 aromatic rings. The maximum Gasteiger partial charge on any atom is 0.311 e. The van der Waals surface area contributed by atoms with Crippen LogP contribution in [0.1, 0.15) is 75.9 Å². The van der Waals surface area contributed by atoms with E-state index in [4.69, 9.17) is 9.72 Å². The number of fused-ring (bicyclic) bond motifs is 2. The SMILES string of the molecule is C[C@H](C(=O)N1CC[NH+](C)CC1)[C@H]1CC[C@@]2(C)Cc3sc(COC(=O)C(C)(C)C)nc3[C@@H](C)[C@@H]2[C@H]1O. The van der Waals surface area contributed by atoms with Gasteiger partial charge in [-0.2, -0.15) is 0 Å². The van der Waals surface area contributed by atoms with Gasteiger partial charge in [0.2, 0.25) is 5.91 Å². The quantitative estimate of drug-likeness (QED) is 0.612. The van der Waals surface area contributed by atoms with Crippen molar-refractivity contribution in [2.75, 3.05) is 33.2 Å². The predicted molar refractivity (Wildman–Crippen MR) is 136 cm³/mol. The molecule has 2 heterocycles. The van der Waals surface area contributed by atoms with E-state index in [-0.39, 0.29) is 47.6 Å². The Hall–Kier alpha value is -1.51. The number of nitrogens with one attached hydrogen (secondary N) is 1. The molecule has 2 aliphatic carbocycles. The van der Waals surface area contributed by atoms with Crippen molar-refractivity contribution < 1.29 is 24.3 Å². The molecule has 3 aliphatic rings. The number of piperazine rings is 1. The summed E-state index contributed by atoms with van der Waals surface area (Å²) in [6.07, 6.45) is 2.23. The van der Waals surface area contributed by atoms with Gasteiger partial charge in [-0.05, 0) is 57.3 Å². The van der Waals surface area contributed by atoms with Crippen molar-refractivity contribution in [2.24, 2.45) is 28.6 Å². The Balaban J connectivity index is 1.48. The Kier molecular flexibility index (Phi) is 7.39. The standard InChI is InChI=1S/C27H43N3O4S/c1-16(24(32)30-12-10-29(7)11-13-30)18-8-9-27(6)14-19-22(17(2)21(27)23(18)31)28-20(35-19)15-34-25(33)26(3,4)5/h16-18,21,23,31H,8-15H2,1-7H3/p+1/t16-,17-,18+,21+,23-,27-/m0/s1. The monoisotopic (exact) mass is 506 g/mol. The summed E-state index contributed by atoms with van der Waals surface area (Å²) >= 11 is 1.65. The number of rotatable bonds is 4. The minimum atomic E-state index is -0.537. The van der Waals surface area contributed by atoms with E-state index in [0.29, 0.717) is 0 Å². The van der Waals surface area contributed by atoms with Crippen molar-refractivity contribution >= 4 is 23.2 Å². The highest BCUT2D eigenvalue weighted by molar-refractivity contribution is 7.11. The van der Waals surface area contributed by atoms with Crippen LogP contribution in [0.5, 0.6) is 0 Å². The van der Waals surface area contributed by atoms with Gasteiger partial charge in [0.05, 0.1) is 50.4 Å². The Morgan fingerprint density at radius 1 is 1.31 bits per heavy atom. The minimum absolute atomic E-state index is 0.0197. The molecule has 4 rings (SSSR count). The highest BCUT2D eigenvalue weighted by Crippen LogP contribution is 2.57. The molecule has 0 bridgehead atoms. The van der Waals surface area contributed by atoms with Crippen LogP contribution in [0.2, 0.25) is 0 Å². The average Bonchev–Trinajstić information content (AvgIpc) is 3.19. The smallest absolute Gasteiger partial charge is 0.311 e. The molecule has 0 radical (unpaired) electrons. The number of ether oxygens (including phenoxy) is 1. The maximum absolute atomic E-state index is 13.3. The molecule has 2 fully saturated rings. The van der Waals surface area contributed by atoms with Crippen LogP contribution in [0, 0.1) is 28.6 Å². The largest absolute Gasteiger partial charge is 0.458 e. The lowest BCUT2D eigenvalue weighted by Crippen LogP contribution is -3.12. The van der Waals surface area contributed by atoms with Crippen LogP contribution >= 0.6 is 11.3 Å². The van der Waals surface area contributed by atoms with Gasteiger partial charge in [0.15, 0.2) is 0 Å². The van der Waals surface area contributed by atoms with Crippen LogP contribution in [0.4, 0.5) is 0 Å². The fourth-order valence-electron chi connectivity index (χ4n) is 6.58. The van der Waals surface area contributed by atoms with Gasteiger partial charge < -0.3 is 19.6 Å². The number of likely N-dealkylation sites (N-methyl/N-ethyl adjacent to an activating group) is 1. The highest BCUT2D eigenvalue weighted by Gasteiger charge is 2.54. The number of aliphatic hydroxyl groups is 1. The lowest BCUT2D eigenvalue weighted by molar-refractivity contribution is -0.883. The number of hydrogen-bond acceptors (Lipinski definition) is 6. The van der Waals surface area contributed by atoms with Crippen molar-refractivity contribution in [3.8, 4) is 0 Å². The molecule has 0 unspecified atom stereocenters. The van der Waals surface area contributed by atoms with Crippen molar-refractivity contribution in [2.45, 2.75) is 79.4 Å². The number of aromatic nitrogens is 1. The molecule has 6 atom stereocenters. The normalized spacial score (nSPS) is 32.5. The first-order valence-electron chi connectivity index (χ1n) is 13.3. The van der Waals surface area contributed by atoms with Crippen molar-refractivity contribution in [3.05, 3.63) is 15.6 Å². The lowest BCUT2D eigenvalue weighted by Gasteiger charge is -2.53. The topological polar surface area (TPSA) is 84.2 Å². The van der Waals surface area contributed by atoms with Gasteiger partial charge in [-0.3, -0.25) is 9.59 Å².